The Morgan fingerprint density at radius 3 is 2.36 bits per heavy atom. The molecule has 0 radical (unpaired) electrons. The summed E-state index contributed by atoms with van der Waals surface area (Å²) in [6.07, 6.45) is 0. The lowest BCUT2D eigenvalue weighted by atomic mass is 9.96. The van der Waals surface area contributed by atoms with E-state index in [-0.39, 0.29) is 11.1 Å². The number of hydrogen-bond acceptors (Lipinski definition) is 4. The Hall–Kier alpha value is -3.15. The summed E-state index contributed by atoms with van der Waals surface area (Å²) in [7, 11) is 1.51. The first kappa shape index (κ1) is 16.7. The quantitative estimate of drug-likeness (QED) is 0.926. The topological polar surface area (TPSA) is 66.8 Å². The van der Waals surface area contributed by atoms with Crippen molar-refractivity contribution in [3.05, 3.63) is 71.2 Å². The van der Waals surface area contributed by atoms with Crippen molar-refractivity contribution < 1.29 is 23.8 Å². The standard InChI is InChI=1S/C19H16FNO4/c1-11(22)16-17(14-5-3-4-6-15(14)20)21(19(24)18(16)23)12-7-9-13(25-2)10-8-12/h3-10,17,23H,1-2H3/t17-/m0/s1. The molecule has 128 valence electrons. The number of carbonyl (C=O) groups is 2. The van der Waals surface area contributed by atoms with Crippen LogP contribution in [0.15, 0.2) is 59.9 Å². The normalized spacial score (nSPS) is 17.2. The Labute approximate surface area is 144 Å². The molecule has 0 saturated heterocycles. The van der Waals surface area contributed by atoms with E-state index in [1.165, 1.54) is 37.1 Å². The zero-order valence-corrected chi connectivity index (χ0v) is 13.7. The van der Waals surface area contributed by atoms with E-state index < -0.39 is 29.3 Å². The lowest BCUT2D eigenvalue weighted by Gasteiger charge is -2.27. The van der Waals surface area contributed by atoms with Crippen LogP contribution in [0.1, 0.15) is 18.5 Å². The minimum Gasteiger partial charge on any atom is -0.503 e. The molecule has 1 amide bonds. The van der Waals surface area contributed by atoms with Gasteiger partial charge in [0.25, 0.3) is 5.91 Å². The van der Waals surface area contributed by atoms with Crippen LogP contribution in [0.2, 0.25) is 0 Å². The fourth-order valence-corrected chi connectivity index (χ4v) is 2.97. The van der Waals surface area contributed by atoms with Crippen molar-refractivity contribution in [3.63, 3.8) is 0 Å². The fourth-order valence-electron chi connectivity index (χ4n) is 2.97. The Bertz CT molecular complexity index is 873. The molecule has 1 aliphatic rings. The molecule has 6 heteroatoms. The van der Waals surface area contributed by atoms with Crippen molar-refractivity contribution in [2.45, 2.75) is 13.0 Å². The highest BCUT2D eigenvalue weighted by molar-refractivity contribution is 6.16. The van der Waals surface area contributed by atoms with Gasteiger partial charge in [-0.1, -0.05) is 18.2 Å². The van der Waals surface area contributed by atoms with Gasteiger partial charge >= 0.3 is 0 Å². The van der Waals surface area contributed by atoms with Crippen molar-refractivity contribution >= 4 is 17.4 Å². The highest BCUT2D eigenvalue weighted by Gasteiger charge is 2.44. The molecule has 1 aliphatic heterocycles. The second-order valence-corrected chi connectivity index (χ2v) is 5.62. The molecule has 2 aromatic carbocycles. The van der Waals surface area contributed by atoms with Gasteiger partial charge in [0, 0.05) is 11.3 Å². The number of nitrogens with zero attached hydrogens (tertiary/aromatic N) is 1. The van der Waals surface area contributed by atoms with E-state index in [1.807, 2.05) is 0 Å². The van der Waals surface area contributed by atoms with E-state index in [1.54, 1.807) is 30.3 Å². The minimum absolute atomic E-state index is 0.120. The third-order valence-electron chi connectivity index (χ3n) is 4.14. The van der Waals surface area contributed by atoms with E-state index in [0.29, 0.717) is 11.4 Å². The van der Waals surface area contributed by atoms with Crippen molar-refractivity contribution in [1.29, 1.82) is 0 Å². The lowest BCUT2D eigenvalue weighted by molar-refractivity contribution is -0.117. The largest absolute Gasteiger partial charge is 0.503 e. The van der Waals surface area contributed by atoms with Gasteiger partial charge in [-0.15, -0.1) is 0 Å². The third kappa shape index (κ3) is 2.76. The first-order chi connectivity index (χ1) is 12.0. The summed E-state index contributed by atoms with van der Waals surface area (Å²) in [5, 5.41) is 10.2. The van der Waals surface area contributed by atoms with Gasteiger partial charge in [0.1, 0.15) is 11.6 Å². The van der Waals surface area contributed by atoms with Crippen LogP contribution in [0.25, 0.3) is 0 Å². The number of carbonyl (C=O) groups excluding carboxylic acids is 2. The summed E-state index contributed by atoms with van der Waals surface area (Å²) < 4.78 is 19.5. The van der Waals surface area contributed by atoms with Crippen molar-refractivity contribution in [2.75, 3.05) is 12.0 Å². The van der Waals surface area contributed by atoms with Crippen molar-refractivity contribution in [2.24, 2.45) is 0 Å². The zero-order valence-electron chi connectivity index (χ0n) is 13.7. The molecule has 1 heterocycles. The van der Waals surface area contributed by atoms with Crippen LogP contribution in [-0.4, -0.2) is 23.9 Å². The molecule has 1 atom stereocenters. The maximum Gasteiger partial charge on any atom is 0.294 e. The number of rotatable bonds is 4. The fraction of sp³-hybridized carbons (Fsp3) is 0.158. The summed E-state index contributed by atoms with van der Waals surface area (Å²) in [5.41, 5.74) is 0.439. The van der Waals surface area contributed by atoms with Gasteiger partial charge in [-0.25, -0.2) is 4.39 Å². The second kappa shape index (κ2) is 6.39. The summed E-state index contributed by atoms with van der Waals surface area (Å²) in [6.45, 7) is 1.24. The van der Waals surface area contributed by atoms with E-state index in [4.69, 9.17) is 4.74 Å². The molecular formula is C19H16FNO4. The van der Waals surface area contributed by atoms with E-state index >= 15 is 0 Å². The summed E-state index contributed by atoms with van der Waals surface area (Å²) in [6, 6.07) is 11.4. The summed E-state index contributed by atoms with van der Waals surface area (Å²) in [4.78, 5) is 25.8. The first-order valence-corrected chi connectivity index (χ1v) is 7.61. The number of Topliss-reactive ketones (excluding diaryl/α,β-unsaturated/α-hetero) is 1. The molecule has 1 N–H and O–H groups in total. The highest BCUT2D eigenvalue weighted by atomic mass is 19.1. The maximum atomic E-state index is 14.4. The number of aliphatic hydroxyl groups excluding tert-OH is 1. The molecule has 2 aromatic rings. The number of hydrogen-bond donors (Lipinski definition) is 1. The number of amides is 1. The number of aliphatic hydroxyl groups is 1. The second-order valence-electron chi connectivity index (χ2n) is 5.62. The zero-order chi connectivity index (χ0) is 18.1. The smallest absolute Gasteiger partial charge is 0.294 e. The van der Waals surface area contributed by atoms with Gasteiger partial charge in [0.2, 0.25) is 0 Å². The van der Waals surface area contributed by atoms with Gasteiger partial charge < -0.3 is 9.84 Å². The maximum absolute atomic E-state index is 14.4. The van der Waals surface area contributed by atoms with Crippen LogP contribution in [0, 0.1) is 5.82 Å². The first-order valence-electron chi connectivity index (χ1n) is 7.61. The third-order valence-corrected chi connectivity index (χ3v) is 4.14. The molecule has 0 aromatic heterocycles. The number of ether oxygens (including phenoxy) is 1. The molecule has 5 nitrogen and oxygen atoms in total. The molecule has 0 saturated carbocycles. The Morgan fingerprint density at radius 1 is 1.16 bits per heavy atom. The van der Waals surface area contributed by atoms with Crippen LogP contribution in [-0.2, 0) is 9.59 Å². The van der Waals surface area contributed by atoms with Gasteiger partial charge in [-0.2, -0.15) is 0 Å². The molecule has 0 bridgehead atoms. The molecular weight excluding hydrogens is 325 g/mol. The number of halogens is 1. The van der Waals surface area contributed by atoms with E-state index in [9.17, 15) is 19.1 Å². The average molecular weight is 341 g/mol. The Morgan fingerprint density at radius 2 is 1.80 bits per heavy atom. The minimum atomic E-state index is -1.03. The molecule has 0 spiro atoms. The highest BCUT2D eigenvalue weighted by Crippen LogP contribution is 2.41. The predicted octanol–water partition coefficient (Wildman–Crippen LogP) is 3.32. The van der Waals surface area contributed by atoms with E-state index in [0.717, 1.165) is 0 Å². The number of anilines is 1. The van der Waals surface area contributed by atoms with Gasteiger partial charge in [0.15, 0.2) is 11.5 Å². The predicted molar refractivity (Wildman–Crippen MR) is 90.0 cm³/mol. The van der Waals surface area contributed by atoms with Crippen LogP contribution in [0.5, 0.6) is 5.75 Å². The average Bonchev–Trinajstić information content (AvgIpc) is 2.87. The number of benzene rings is 2. The van der Waals surface area contributed by atoms with Crippen molar-refractivity contribution in [3.8, 4) is 5.75 Å². The SMILES string of the molecule is COc1ccc(N2C(=O)C(O)=C(C(C)=O)[C@@H]2c2ccccc2F)cc1. The Balaban J connectivity index is 2.17. The van der Waals surface area contributed by atoms with Gasteiger partial charge in [-0.05, 0) is 37.3 Å². The van der Waals surface area contributed by atoms with Crippen LogP contribution < -0.4 is 9.64 Å². The molecule has 25 heavy (non-hydrogen) atoms. The van der Waals surface area contributed by atoms with Crippen LogP contribution in [0.3, 0.4) is 0 Å². The van der Waals surface area contributed by atoms with Crippen LogP contribution in [0.4, 0.5) is 10.1 Å². The number of methoxy groups -OCH3 is 1. The van der Waals surface area contributed by atoms with E-state index in [2.05, 4.69) is 0 Å². The molecule has 0 aliphatic carbocycles. The monoisotopic (exact) mass is 341 g/mol. The summed E-state index contributed by atoms with van der Waals surface area (Å²) in [5.74, 6) is -1.87. The lowest BCUT2D eigenvalue weighted by Crippen LogP contribution is -2.31. The number of ketones is 1. The van der Waals surface area contributed by atoms with Crippen LogP contribution >= 0.6 is 0 Å². The molecule has 3 rings (SSSR count). The summed E-state index contributed by atoms with van der Waals surface area (Å²) >= 11 is 0. The van der Waals surface area contributed by atoms with Gasteiger partial charge in [-0.3, -0.25) is 14.5 Å². The Kier molecular flexibility index (Phi) is 4.27. The molecule has 0 fully saturated rings. The van der Waals surface area contributed by atoms with Gasteiger partial charge in [0.05, 0.1) is 18.7 Å². The van der Waals surface area contributed by atoms with Crippen molar-refractivity contribution in [1.82, 2.24) is 0 Å². The molecule has 0 unspecified atom stereocenters.